The van der Waals surface area contributed by atoms with Gasteiger partial charge in [0.25, 0.3) is 0 Å². The van der Waals surface area contributed by atoms with Gasteiger partial charge >= 0.3 is 6.03 Å². The first-order chi connectivity index (χ1) is 10.3. The van der Waals surface area contributed by atoms with E-state index in [1.165, 1.54) is 12.1 Å². The number of carbonyl (C=O) groups is 1. The van der Waals surface area contributed by atoms with Crippen LogP contribution in [0.15, 0.2) is 54.6 Å². The molecule has 2 N–H and O–H groups in total. The lowest BCUT2D eigenvalue weighted by atomic mass is 10.3. The molecule has 0 aliphatic rings. The first-order valence-electron chi connectivity index (χ1n) is 6.73. The van der Waals surface area contributed by atoms with Crippen LogP contribution in [0, 0.1) is 5.82 Å². The third kappa shape index (κ3) is 5.14. The van der Waals surface area contributed by atoms with E-state index in [-0.39, 0.29) is 5.69 Å². The van der Waals surface area contributed by atoms with Crippen molar-refractivity contribution < 1.29 is 13.9 Å². The van der Waals surface area contributed by atoms with Crippen LogP contribution in [0.2, 0.25) is 0 Å². The van der Waals surface area contributed by atoms with E-state index in [2.05, 4.69) is 10.6 Å². The number of urea groups is 1. The van der Waals surface area contributed by atoms with Crippen LogP contribution < -0.4 is 15.4 Å². The van der Waals surface area contributed by atoms with E-state index < -0.39 is 11.8 Å². The van der Waals surface area contributed by atoms with Crippen molar-refractivity contribution in [2.24, 2.45) is 0 Å². The summed E-state index contributed by atoms with van der Waals surface area (Å²) in [7, 11) is 0. The second kappa shape index (κ2) is 7.89. The Morgan fingerprint density at radius 1 is 1.05 bits per heavy atom. The number of benzene rings is 2. The normalized spacial score (nSPS) is 9.95. The zero-order valence-corrected chi connectivity index (χ0v) is 11.5. The summed E-state index contributed by atoms with van der Waals surface area (Å²) in [6.45, 7) is 0.955. The molecule has 0 bridgehead atoms. The van der Waals surface area contributed by atoms with E-state index in [1.54, 1.807) is 12.1 Å². The molecule has 2 aromatic rings. The van der Waals surface area contributed by atoms with Gasteiger partial charge in [0.1, 0.15) is 11.6 Å². The van der Waals surface area contributed by atoms with E-state index in [0.29, 0.717) is 19.6 Å². The van der Waals surface area contributed by atoms with Crippen LogP contribution in [0.3, 0.4) is 0 Å². The van der Waals surface area contributed by atoms with Crippen molar-refractivity contribution in [1.82, 2.24) is 5.32 Å². The van der Waals surface area contributed by atoms with Gasteiger partial charge < -0.3 is 15.4 Å². The van der Waals surface area contributed by atoms with Crippen molar-refractivity contribution in [3.63, 3.8) is 0 Å². The fourth-order valence-electron chi connectivity index (χ4n) is 1.71. The van der Waals surface area contributed by atoms with E-state index in [1.807, 2.05) is 30.3 Å². The maximum Gasteiger partial charge on any atom is 0.319 e. The van der Waals surface area contributed by atoms with Crippen LogP contribution in [0.5, 0.6) is 5.75 Å². The van der Waals surface area contributed by atoms with E-state index in [0.717, 1.165) is 5.75 Å². The van der Waals surface area contributed by atoms with E-state index in [4.69, 9.17) is 4.74 Å². The van der Waals surface area contributed by atoms with Gasteiger partial charge in [0.2, 0.25) is 0 Å². The average Bonchev–Trinajstić information content (AvgIpc) is 2.50. The first-order valence-corrected chi connectivity index (χ1v) is 6.73. The predicted molar refractivity (Wildman–Crippen MR) is 80.0 cm³/mol. The maximum atomic E-state index is 13.3. The van der Waals surface area contributed by atoms with Crippen LogP contribution in [0.1, 0.15) is 6.42 Å². The summed E-state index contributed by atoms with van der Waals surface area (Å²) in [6.07, 6.45) is 0.666. The van der Waals surface area contributed by atoms with Crippen molar-refractivity contribution in [3.05, 3.63) is 60.4 Å². The number of hydrogen-bond acceptors (Lipinski definition) is 2. The number of rotatable bonds is 6. The van der Waals surface area contributed by atoms with Gasteiger partial charge in [-0.2, -0.15) is 0 Å². The Bertz CT molecular complexity index is 575. The van der Waals surface area contributed by atoms with Crippen molar-refractivity contribution in [1.29, 1.82) is 0 Å². The summed E-state index contributed by atoms with van der Waals surface area (Å²) in [4.78, 5) is 11.6. The average molecular weight is 288 g/mol. The zero-order chi connectivity index (χ0) is 14.9. The molecule has 0 aliphatic heterocycles. The summed E-state index contributed by atoms with van der Waals surface area (Å²) in [5, 5.41) is 5.10. The minimum absolute atomic E-state index is 0.163. The molecule has 2 aromatic carbocycles. The van der Waals surface area contributed by atoms with Crippen molar-refractivity contribution in [2.45, 2.75) is 6.42 Å². The van der Waals surface area contributed by atoms with Gasteiger partial charge in [0, 0.05) is 6.54 Å². The Morgan fingerprint density at radius 2 is 1.76 bits per heavy atom. The Labute approximate surface area is 122 Å². The van der Waals surface area contributed by atoms with Crippen LogP contribution in [-0.2, 0) is 0 Å². The first kappa shape index (κ1) is 14.8. The van der Waals surface area contributed by atoms with Gasteiger partial charge in [-0.05, 0) is 30.7 Å². The number of carbonyl (C=O) groups excluding carboxylic acids is 1. The Kier molecular flexibility index (Phi) is 5.58. The van der Waals surface area contributed by atoms with E-state index in [9.17, 15) is 9.18 Å². The molecule has 2 amide bonds. The topological polar surface area (TPSA) is 50.4 Å². The third-order valence-electron chi connectivity index (χ3n) is 2.74. The van der Waals surface area contributed by atoms with Crippen LogP contribution in [0.25, 0.3) is 0 Å². The molecule has 0 saturated carbocycles. The second-order valence-electron chi connectivity index (χ2n) is 4.38. The Morgan fingerprint density at radius 3 is 2.52 bits per heavy atom. The Hall–Kier alpha value is -2.56. The summed E-state index contributed by atoms with van der Waals surface area (Å²) in [6, 6.07) is 15.1. The molecule has 4 nitrogen and oxygen atoms in total. The number of ether oxygens (including phenoxy) is 1. The number of halogens is 1. The predicted octanol–water partition coefficient (Wildman–Crippen LogP) is 3.42. The largest absolute Gasteiger partial charge is 0.494 e. The highest BCUT2D eigenvalue weighted by Gasteiger charge is 2.04. The summed E-state index contributed by atoms with van der Waals surface area (Å²) in [5.41, 5.74) is 0.163. The highest BCUT2D eigenvalue weighted by Crippen LogP contribution is 2.11. The van der Waals surface area contributed by atoms with Gasteiger partial charge in [-0.15, -0.1) is 0 Å². The summed E-state index contributed by atoms with van der Waals surface area (Å²) in [5.74, 6) is 0.341. The number of para-hydroxylation sites is 2. The van der Waals surface area contributed by atoms with Gasteiger partial charge in [-0.25, -0.2) is 9.18 Å². The number of amides is 2. The molecule has 0 heterocycles. The fraction of sp³-hybridized carbons (Fsp3) is 0.188. The minimum Gasteiger partial charge on any atom is -0.494 e. The summed E-state index contributed by atoms with van der Waals surface area (Å²) >= 11 is 0. The molecule has 110 valence electrons. The molecule has 0 fully saturated rings. The second-order valence-corrected chi connectivity index (χ2v) is 4.38. The third-order valence-corrected chi connectivity index (χ3v) is 2.74. The SMILES string of the molecule is O=C(NCCCOc1ccccc1)Nc1ccccc1F. The van der Waals surface area contributed by atoms with Crippen LogP contribution in [-0.4, -0.2) is 19.2 Å². The van der Waals surface area contributed by atoms with Gasteiger partial charge in [-0.1, -0.05) is 30.3 Å². The molecule has 0 radical (unpaired) electrons. The molecule has 2 rings (SSSR count). The highest BCUT2D eigenvalue weighted by molar-refractivity contribution is 5.89. The number of anilines is 1. The van der Waals surface area contributed by atoms with Gasteiger partial charge in [-0.3, -0.25) is 0 Å². The maximum absolute atomic E-state index is 13.3. The van der Waals surface area contributed by atoms with Crippen LogP contribution >= 0.6 is 0 Å². The number of nitrogens with one attached hydrogen (secondary N) is 2. The minimum atomic E-state index is -0.458. The van der Waals surface area contributed by atoms with Crippen molar-refractivity contribution in [3.8, 4) is 5.75 Å². The zero-order valence-electron chi connectivity index (χ0n) is 11.5. The molecular weight excluding hydrogens is 271 g/mol. The lowest BCUT2D eigenvalue weighted by molar-refractivity contribution is 0.250. The molecule has 21 heavy (non-hydrogen) atoms. The van der Waals surface area contributed by atoms with Gasteiger partial charge in [0.15, 0.2) is 0 Å². The molecule has 0 aromatic heterocycles. The number of hydrogen-bond donors (Lipinski definition) is 2. The molecule has 5 heteroatoms. The quantitative estimate of drug-likeness (QED) is 0.800. The van der Waals surface area contributed by atoms with Gasteiger partial charge in [0.05, 0.1) is 12.3 Å². The molecular formula is C16H17FN2O2. The molecule has 0 spiro atoms. The smallest absolute Gasteiger partial charge is 0.319 e. The summed E-state index contributed by atoms with van der Waals surface area (Å²) < 4.78 is 18.8. The Balaban J connectivity index is 1.63. The van der Waals surface area contributed by atoms with Crippen molar-refractivity contribution in [2.75, 3.05) is 18.5 Å². The molecule has 0 saturated heterocycles. The standard InChI is InChI=1S/C16H17FN2O2/c17-14-9-4-5-10-15(14)19-16(20)18-11-6-12-21-13-7-2-1-3-8-13/h1-5,7-10H,6,11-12H2,(H2,18,19,20). The highest BCUT2D eigenvalue weighted by atomic mass is 19.1. The van der Waals surface area contributed by atoms with Crippen LogP contribution in [0.4, 0.5) is 14.9 Å². The molecule has 0 aliphatic carbocycles. The van der Waals surface area contributed by atoms with Crippen molar-refractivity contribution >= 4 is 11.7 Å². The lowest BCUT2D eigenvalue weighted by Gasteiger charge is -2.09. The monoisotopic (exact) mass is 288 g/mol. The van der Waals surface area contributed by atoms with E-state index >= 15 is 0 Å². The molecule has 0 atom stereocenters. The molecule has 0 unspecified atom stereocenters. The lowest BCUT2D eigenvalue weighted by Crippen LogP contribution is -2.30. The fourth-order valence-corrected chi connectivity index (χ4v) is 1.71.